The molecule has 2 atom stereocenters. The number of rotatable bonds is 7. The van der Waals surface area contributed by atoms with Gasteiger partial charge in [0.15, 0.2) is 0 Å². The molecule has 0 bridgehead atoms. The number of carboxylic acids is 1. The van der Waals surface area contributed by atoms with E-state index in [1.54, 1.807) is 7.05 Å². The number of β-lactam (4-membered cyclic amide) rings is 1. The smallest absolute Gasteiger partial charge is 0.543 e. The molecule has 4 heterocycles. The first-order valence-corrected chi connectivity index (χ1v) is 12.0. The maximum atomic E-state index is 12.7. The molecule has 0 spiro atoms. The number of fused-ring (bicyclic) bond motifs is 1. The Kier molecular flexibility index (Phi) is 8.76. The minimum absolute atomic E-state index is 0. The molecule has 0 saturated carbocycles. The number of nitrogens with zero attached hydrogens (tertiary/aromatic N) is 6. The number of hydrogen-bond acceptors (Lipinski definition) is 10. The summed E-state index contributed by atoms with van der Waals surface area (Å²) in [6, 6.07) is -0.903. The maximum Gasteiger partial charge on any atom is 1.00 e. The molecular weight excluding hydrogens is 540 g/mol. The zero-order valence-electron chi connectivity index (χ0n) is 17.7. The second kappa shape index (κ2) is 11.0. The van der Waals surface area contributed by atoms with E-state index < -0.39 is 34.6 Å². The zero-order chi connectivity index (χ0) is 23.9. The third-order valence-corrected chi connectivity index (χ3v) is 7.81. The van der Waals surface area contributed by atoms with Gasteiger partial charge in [0, 0.05) is 30.9 Å². The molecule has 174 valence electrons. The van der Waals surface area contributed by atoms with Crippen LogP contribution in [0.2, 0.25) is 10.0 Å². The Balaban J connectivity index is 0.00000324. The monoisotopic (exact) mass is 553 g/mol. The van der Waals surface area contributed by atoms with Gasteiger partial charge in [0.25, 0.3) is 5.91 Å². The van der Waals surface area contributed by atoms with Crippen LogP contribution >= 0.6 is 46.7 Å². The van der Waals surface area contributed by atoms with Gasteiger partial charge in [0.1, 0.15) is 28.0 Å². The van der Waals surface area contributed by atoms with Crippen LogP contribution in [0, 0.1) is 0 Å². The Morgan fingerprint density at radius 2 is 1.97 bits per heavy atom. The van der Waals surface area contributed by atoms with E-state index in [0.717, 1.165) is 4.90 Å². The summed E-state index contributed by atoms with van der Waals surface area (Å²) in [6.45, 7) is -0.238. The Labute approximate surface area is 232 Å². The fourth-order valence-electron chi connectivity index (χ4n) is 3.31. The van der Waals surface area contributed by atoms with E-state index in [4.69, 9.17) is 23.2 Å². The number of carboxylic acid groups (broad SMARTS) is 1. The molecule has 0 radical (unpaired) electrons. The van der Waals surface area contributed by atoms with Gasteiger partial charge in [-0.15, -0.1) is 16.9 Å². The average molecular weight is 554 g/mol. The number of carbonyl (C=O) groups excluding carboxylic acids is 3. The largest absolute Gasteiger partial charge is 1.00 e. The number of halogens is 2. The predicted molar refractivity (Wildman–Crippen MR) is 117 cm³/mol. The second-order valence-corrected chi connectivity index (χ2v) is 9.89. The summed E-state index contributed by atoms with van der Waals surface area (Å²) in [5.74, 6) is -1.97. The normalized spacial score (nSPS) is 19.3. The van der Waals surface area contributed by atoms with Crippen LogP contribution in [0.3, 0.4) is 0 Å². The van der Waals surface area contributed by atoms with Crippen molar-refractivity contribution < 1.29 is 49.0 Å². The van der Waals surface area contributed by atoms with Gasteiger partial charge in [-0.05, 0) is 16.0 Å². The third kappa shape index (κ3) is 5.32. The van der Waals surface area contributed by atoms with Gasteiger partial charge >= 0.3 is 29.6 Å². The van der Waals surface area contributed by atoms with Crippen LogP contribution < -0.4 is 45.4 Å². The standard InChI is InChI=1S/C17H15Cl2N7O5S2.Na/c1-24-17(21-22-23-24)33-6-7-5-32-15-11(14(29)26(15)12(7)16(30)31)20-10(27)4-25-2-8(18)13(28)9(19)3-25;/h2-3,11,15H,4-6H2,1H3,(H,20,27)(H,30,31);/q;+1/p-1/t11-,15-;/m1./s1. The van der Waals surface area contributed by atoms with E-state index in [9.17, 15) is 24.3 Å². The summed E-state index contributed by atoms with van der Waals surface area (Å²) >= 11 is 14.2. The molecule has 0 unspecified atom stereocenters. The Morgan fingerprint density at radius 1 is 1.29 bits per heavy atom. The first-order chi connectivity index (χ1) is 15.7. The van der Waals surface area contributed by atoms with E-state index in [2.05, 4.69) is 20.8 Å². The van der Waals surface area contributed by atoms with Crippen LogP contribution in [0.15, 0.2) is 33.6 Å². The van der Waals surface area contributed by atoms with E-state index in [1.165, 1.54) is 45.2 Å². The maximum absolute atomic E-state index is 12.7. The number of pyridine rings is 1. The molecule has 2 amide bonds. The molecule has 1 fully saturated rings. The SMILES string of the molecule is Cn1nnnc1SCC1=C(C(=O)[O-])N2C(=O)[C@@H](NC(=O)Cn3cc(Cl)c(=O)c(Cl)c3)[C@H]2SC1.[Na+]. The van der Waals surface area contributed by atoms with Gasteiger partial charge in [0.05, 0.1) is 11.7 Å². The average Bonchev–Trinajstić information content (AvgIpc) is 3.18. The van der Waals surface area contributed by atoms with Crippen molar-refractivity contribution in [1.82, 2.24) is 35.0 Å². The second-order valence-electron chi connectivity index (χ2n) is 7.02. The molecule has 1 saturated heterocycles. The molecule has 17 heteroatoms. The van der Waals surface area contributed by atoms with Gasteiger partial charge in [-0.25, -0.2) is 4.68 Å². The van der Waals surface area contributed by atoms with Gasteiger partial charge in [-0.2, -0.15) is 0 Å². The van der Waals surface area contributed by atoms with E-state index in [0.29, 0.717) is 16.5 Å². The minimum Gasteiger partial charge on any atom is -0.543 e. The molecule has 1 N–H and O–H groups in total. The van der Waals surface area contributed by atoms with Gasteiger partial charge in [-0.1, -0.05) is 35.0 Å². The molecule has 2 aliphatic rings. The van der Waals surface area contributed by atoms with Crippen LogP contribution in [-0.4, -0.2) is 70.4 Å². The first kappa shape index (κ1) is 27.0. The van der Waals surface area contributed by atoms with Crippen molar-refractivity contribution in [2.75, 3.05) is 11.5 Å². The summed E-state index contributed by atoms with van der Waals surface area (Å²) in [5.41, 5.74) is -0.250. The van der Waals surface area contributed by atoms with Gasteiger partial charge in [0.2, 0.25) is 16.5 Å². The summed E-state index contributed by atoms with van der Waals surface area (Å²) in [4.78, 5) is 49.7. The number of thioether (sulfide) groups is 2. The van der Waals surface area contributed by atoms with E-state index >= 15 is 0 Å². The Bertz CT molecular complexity index is 1230. The Morgan fingerprint density at radius 3 is 2.56 bits per heavy atom. The summed E-state index contributed by atoms with van der Waals surface area (Å²) in [5, 5.41) is 25.1. The summed E-state index contributed by atoms with van der Waals surface area (Å²) in [6.07, 6.45) is 2.51. The van der Waals surface area contributed by atoms with Crippen molar-refractivity contribution in [2.45, 2.75) is 23.1 Å². The van der Waals surface area contributed by atoms with Gasteiger partial charge in [-0.3, -0.25) is 19.3 Å². The van der Waals surface area contributed by atoms with Crippen LogP contribution in [0.1, 0.15) is 0 Å². The van der Waals surface area contributed by atoms with Gasteiger partial charge < -0.3 is 19.8 Å². The topological polar surface area (TPSA) is 155 Å². The van der Waals surface area contributed by atoms with Crippen molar-refractivity contribution >= 4 is 64.5 Å². The molecule has 0 aliphatic carbocycles. The summed E-state index contributed by atoms with van der Waals surface area (Å²) < 4.78 is 2.77. The number of aromatic nitrogens is 5. The van der Waals surface area contributed by atoms with Crippen molar-refractivity contribution in [3.63, 3.8) is 0 Å². The first-order valence-electron chi connectivity index (χ1n) is 9.25. The quantitative estimate of drug-likeness (QED) is 0.203. The van der Waals surface area contributed by atoms with Crippen LogP contribution in [-0.2, 0) is 28.0 Å². The minimum atomic E-state index is -1.47. The van der Waals surface area contributed by atoms with Crippen molar-refractivity contribution in [2.24, 2.45) is 7.05 Å². The van der Waals surface area contributed by atoms with E-state index in [-0.39, 0.29) is 57.6 Å². The van der Waals surface area contributed by atoms with Crippen molar-refractivity contribution in [3.8, 4) is 0 Å². The van der Waals surface area contributed by atoms with Crippen molar-refractivity contribution in [1.29, 1.82) is 0 Å². The van der Waals surface area contributed by atoms with E-state index in [1.807, 2.05) is 0 Å². The molecule has 12 nitrogen and oxygen atoms in total. The molecule has 0 aromatic carbocycles. The molecule has 34 heavy (non-hydrogen) atoms. The third-order valence-electron chi connectivity index (χ3n) is 4.83. The zero-order valence-corrected chi connectivity index (χ0v) is 22.9. The summed E-state index contributed by atoms with van der Waals surface area (Å²) in [7, 11) is 1.66. The molecule has 2 aromatic heterocycles. The number of tetrazole rings is 1. The van der Waals surface area contributed by atoms with Crippen LogP contribution in [0.4, 0.5) is 0 Å². The van der Waals surface area contributed by atoms with Crippen LogP contribution in [0.5, 0.6) is 0 Å². The molecule has 4 rings (SSSR count). The number of aliphatic carboxylic acids is 1. The van der Waals surface area contributed by atoms with Crippen molar-refractivity contribution in [3.05, 3.63) is 43.9 Å². The number of hydrogen-bond donors (Lipinski definition) is 1. The predicted octanol–water partition coefficient (Wildman–Crippen LogP) is -4.12. The molecule has 2 aliphatic heterocycles. The fourth-order valence-corrected chi connectivity index (χ4v) is 6.15. The number of nitrogens with one attached hydrogen (secondary N) is 1. The van der Waals surface area contributed by atoms with Crippen LogP contribution in [0.25, 0.3) is 0 Å². The number of carbonyl (C=O) groups is 3. The Hall–Kier alpha value is -1.55. The molecule has 2 aromatic rings. The molecular formula is C17H14Cl2N7NaO5S2. The fraction of sp³-hybridized carbons (Fsp3) is 0.353. The number of aryl methyl sites for hydroxylation is 1. The number of amides is 2.